The first-order chi connectivity index (χ1) is 15.9. The van der Waals surface area contributed by atoms with Gasteiger partial charge in [-0.2, -0.15) is 0 Å². The van der Waals surface area contributed by atoms with Gasteiger partial charge in [0, 0.05) is 11.8 Å². The van der Waals surface area contributed by atoms with E-state index in [1.54, 1.807) is 42.5 Å². The quantitative estimate of drug-likeness (QED) is 0.586. The molecular formula is C22H18N2O8S. The van der Waals surface area contributed by atoms with Crippen LogP contribution in [0.4, 0.5) is 10.5 Å². The maximum Gasteiger partial charge on any atom is 0.341 e. The molecule has 0 unspecified atom stereocenters. The van der Waals surface area contributed by atoms with Gasteiger partial charge in [-0.05, 0) is 47.7 Å². The Bertz CT molecular complexity index is 1150. The average molecular weight is 470 g/mol. The highest BCUT2D eigenvalue weighted by Gasteiger charge is 2.36. The second kappa shape index (κ2) is 9.65. The van der Waals surface area contributed by atoms with E-state index in [0.717, 1.165) is 16.7 Å². The average Bonchev–Trinajstić information content (AvgIpc) is 3.05. The molecule has 2 aromatic rings. The number of thioether (sulfide) groups is 1. The lowest BCUT2D eigenvalue weighted by Crippen LogP contribution is -2.36. The fourth-order valence-electron chi connectivity index (χ4n) is 3.06. The molecule has 170 valence electrons. The number of carbonyl (C=O) groups is 4. The Balaban J connectivity index is 1.37. The largest absolute Gasteiger partial charge is 0.486 e. The van der Waals surface area contributed by atoms with Gasteiger partial charge in [0.2, 0.25) is 5.91 Å². The van der Waals surface area contributed by atoms with Gasteiger partial charge in [0.1, 0.15) is 25.5 Å². The molecule has 1 fully saturated rings. The van der Waals surface area contributed by atoms with Crippen LogP contribution >= 0.6 is 11.8 Å². The van der Waals surface area contributed by atoms with Crippen LogP contribution < -0.4 is 19.5 Å². The summed E-state index contributed by atoms with van der Waals surface area (Å²) < 4.78 is 16.0. The van der Waals surface area contributed by atoms with Crippen LogP contribution in [0.1, 0.15) is 5.56 Å². The summed E-state index contributed by atoms with van der Waals surface area (Å²) >= 11 is 0.735. The molecule has 0 spiro atoms. The van der Waals surface area contributed by atoms with Gasteiger partial charge in [0.25, 0.3) is 11.1 Å². The SMILES string of the molecule is O=C(O)COc1ccc(/C=C2/SC(=O)N(CC(=O)Nc3ccc4c(c3)OCCO4)C2=O)cc1. The first-order valence-electron chi connectivity index (χ1n) is 9.78. The van der Waals surface area contributed by atoms with Crippen molar-refractivity contribution in [2.45, 2.75) is 0 Å². The molecule has 3 amide bonds. The molecule has 2 heterocycles. The number of anilines is 1. The zero-order valence-electron chi connectivity index (χ0n) is 17.1. The lowest BCUT2D eigenvalue weighted by atomic mass is 10.2. The summed E-state index contributed by atoms with van der Waals surface area (Å²) in [6.07, 6.45) is 1.52. The minimum absolute atomic E-state index is 0.173. The number of carbonyl (C=O) groups excluding carboxylic acids is 3. The number of carboxylic acid groups (broad SMARTS) is 1. The van der Waals surface area contributed by atoms with Crippen LogP contribution in [0.5, 0.6) is 17.2 Å². The number of imide groups is 1. The summed E-state index contributed by atoms with van der Waals surface area (Å²) in [4.78, 5) is 49.0. The highest BCUT2D eigenvalue weighted by molar-refractivity contribution is 8.18. The van der Waals surface area contributed by atoms with E-state index in [-0.39, 0.29) is 4.91 Å². The van der Waals surface area contributed by atoms with Crippen molar-refractivity contribution in [1.82, 2.24) is 4.90 Å². The molecule has 2 N–H and O–H groups in total. The standard InChI is InChI=1S/C22H18N2O8S/c25-19(23-14-3-6-16-17(10-14)31-8-7-30-16)11-24-21(28)18(33-22(24)29)9-13-1-4-15(5-2-13)32-12-20(26)27/h1-6,9-10H,7-8,11-12H2,(H,23,25)(H,26,27)/b18-9+. The third-order valence-electron chi connectivity index (χ3n) is 4.54. The smallest absolute Gasteiger partial charge is 0.341 e. The second-order valence-electron chi connectivity index (χ2n) is 6.93. The number of nitrogens with one attached hydrogen (secondary N) is 1. The number of fused-ring (bicyclic) bond motifs is 1. The van der Waals surface area contributed by atoms with Crippen LogP contribution in [-0.2, 0) is 14.4 Å². The van der Waals surface area contributed by atoms with Gasteiger partial charge in [0.15, 0.2) is 18.1 Å². The summed E-state index contributed by atoms with van der Waals surface area (Å²) in [7, 11) is 0. The highest BCUT2D eigenvalue weighted by Crippen LogP contribution is 2.34. The fraction of sp³-hybridized carbons (Fsp3) is 0.182. The third kappa shape index (κ3) is 5.44. The Kier molecular flexibility index (Phi) is 6.50. The number of hydrogen-bond donors (Lipinski definition) is 2. The number of carboxylic acids is 1. The lowest BCUT2D eigenvalue weighted by Gasteiger charge is -2.19. The van der Waals surface area contributed by atoms with E-state index in [0.29, 0.717) is 41.7 Å². The Morgan fingerprint density at radius 1 is 1.09 bits per heavy atom. The van der Waals surface area contributed by atoms with Gasteiger partial charge in [-0.25, -0.2) is 4.79 Å². The van der Waals surface area contributed by atoms with E-state index >= 15 is 0 Å². The first-order valence-corrected chi connectivity index (χ1v) is 10.6. The molecule has 1 saturated heterocycles. The summed E-state index contributed by atoms with van der Waals surface area (Å²) in [5.41, 5.74) is 1.07. The van der Waals surface area contributed by atoms with Crippen molar-refractivity contribution >= 4 is 46.5 Å². The lowest BCUT2D eigenvalue weighted by molar-refractivity contribution is -0.139. The molecule has 10 nitrogen and oxygen atoms in total. The van der Waals surface area contributed by atoms with Gasteiger partial charge >= 0.3 is 5.97 Å². The summed E-state index contributed by atoms with van der Waals surface area (Å²) in [6.45, 7) is -0.0371. The Labute approximate surface area is 192 Å². The van der Waals surface area contributed by atoms with Crippen LogP contribution in [-0.4, -0.2) is 59.4 Å². The number of nitrogens with zero attached hydrogens (tertiary/aromatic N) is 1. The van der Waals surface area contributed by atoms with Crippen LogP contribution in [0.15, 0.2) is 47.4 Å². The van der Waals surface area contributed by atoms with Crippen LogP contribution in [0, 0.1) is 0 Å². The monoisotopic (exact) mass is 470 g/mol. The molecule has 0 aromatic heterocycles. The molecule has 0 saturated carbocycles. The molecular weight excluding hydrogens is 452 g/mol. The van der Waals surface area contributed by atoms with Crippen molar-refractivity contribution in [3.63, 3.8) is 0 Å². The first kappa shape index (κ1) is 22.2. The van der Waals surface area contributed by atoms with Crippen LogP contribution in [0.25, 0.3) is 6.08 Å². The molecule has 0 atom stereocenters. The normalized spacial score (nSPS) is 16.1. The summed E-state index contributed by atoms with van der Waals surface area (Å²) in [5.74, 6) is -0.753. The van der Waals surface area contributed by atoms with Gasteiger partial charge in [0.05, 0.1) is 4.91 Å². The van der Waals surface area contributed by atoms with E-state index in [1.165, 1.54) is 6.08 Å². The Morgan fingerprint density at radius 2 is 1.82 bits per heavy atom. The predicted octanol–water partition coefficient (Wildman–Crippen LogP) is 2.60. The Hall–Kier alpha value is -3.99. The van der Waals surface area contributed by atoms with Gasteiger partial charge in [-0.3, -0.25) is 19.3 Å². The van der Waals surface area contributed by atoms with Gasteiger partial charge < -0.3 is 24.6 Å². The van der Waals surface area contributed by atoms with Crippen molar-refractivity contribution in [3.8, 4) is 17.2 Å². The van der Waals surface area contributed by atoms with E-state index < -0.39 is 36.2 Å². The van der Waals surface area contributed by atoms with E-state index in [4.69, 9.17) is 19.3 Å². The third-order valence-corrected chi connectivity index (χ3v) is 5.45. The predicted molar refractivity (Wildman–Crippen MR) is 118 cm³/mol. The number of hydrogen-bond acceptors (Lipinski definition) is 8. The number of rotatable bonds is 7. The molecule has 0 aliphatic carbocycles. The molecule has 0 radical (unpaired) electrons. The van der Waals surface area contributed by atoms with E-state index in [9.17, 15) is 19.2 Å². The Morgan fingerprint density at radius 3 is 2.55 bits per heavy atom. The van der Waals surface area contributed by atoms with Crippen molar-refractivity contribution in [2.75, 3.05) is 31.7 Å². The number of aliphatic carboxylic acids is 1. The zero-order valence-corrected chi connectivity index (χ0v) is 17.9. The van der Waals surface area contributed by atoms with Crippen molar-refractivity contribution in [2.24, 2.45) is 0 Å². The maximum absolute atomic E-state index is 12.7. The van der Waals surface area contributed by atoms with E-state index in [2.05, 4.69) is 5.32 Å². The van der Waals surface area contributed by atoms with Crippen molar-refractivity contribution < 1.29 is 38.5 Å². The number of benzene rings is 2. The highest BCUT2D eigenvalue weighted by atomic mass is 32.2. The van der Waals surface area contributed by atoms with Crippen LogP contribution in [0.2, 0.25) is 0 Å². The number of ether oxygens (including phenoxy) is 3. The van der Waals surface area contributed by atoms with Crippen LogP contribution in [0.3, 0.4) is 0 Å². The number of amides is 3. The molecule has 0 bridgehead atoms. The fourth-order valence-corrected chi connectivity index (χ4v) is 3.90. The topological polar surface area (TPSA) is 131 Å². The second-order valence-corrected chi connectivity index (χ2v) is 7.92. The minimum atomic E-state index is -1.09. The molecule has 2 aromatic carbocycles. The van der Waals surface area contributed by atoms with E-state index in [1.807, 2.05) is 0 Å². The minimum Gasteiger partial charge on any atom is -0.486 e. The summed E-state index contributed by atoms with van der Waals surface area (Å²) in [6, 6.07) is 11.3. The molecule has 4 rings (SSSR count). The van der Waals surface area contributed by atoms with Crippen molar-refractivity contribution in [3.05, 3.63) is 52.9 Å². The molecule has 2 aliphatic heterocycles. The van der Waals surface area contributed by atoms with Crippen molar-refractivity contribution in [1.29, 1.82) is 0 Å². The molecule has 33 heavy (non-hydrogen) atoms. The zero-order chi connectivity index (χ0) is 23.4. The maximum atomic E-state index is 12.7. The van der Waals surface area contributed by atoms with Gasteiger partial charge in [-0.1, -0.05) is 12.1 Å². The summed E-state index contributed by atoms with van der Waals surface area (Å²) in [5, 5.41) is 10.7. The van der Waals surface area contributed by atoms with Gasteiger partial charge in [-0.15, -0.1) is 0 Å². The molecule has 11 heteroatoms. The molecule has 2 aliphatic rings.